The largest absolute Gasteiger partial charge is 0.314 e. The zero-order valence-electron chi connectivity index (χ0n) is 11.4. The van der Waals surface area contributed by atoms with Gasteiger partial charge in [-0.15, -0.1) is 0 Å². The van der Waals surface area contributed by atoms with E-state index in [0.717, 1.165) is 19.1 Å². The molecule has 100 valence electrons. The maximum atomic E-state index is 4.06. The van der Waals surface area contributed by atoms with Crippen molar-refractivity contribution in [2.24, 2.45) is 0 Å². The number of hydrogen-bond acceptors (Lipinski definition) is 3. The van der Waals surface area contributed by atoms with E-state index in [0.29, 0.717) is 0 Å². The average molecular weight is 247 g/mol. The molecule has 1 aliphatic rings. The molecule has 1 aromatic heterocycles. The van der Waals surface area contributed by atoms with Crippen molar-refractivity contribution in [3.8, 4) is 0 Å². The van der Waals surface area contributed by atoms with Gasteiger partial charge in [0.2, 0.25) is 0 Å². The number of aromatic nitrogens is 1. The number of nitrogens with zero attached hydrogens (tertiary/aromatic N) is 2. The number of hydrogen-bond donors (Lipinski definition) is 1. The summed E-state index contributed by atoms with van der Waals surface area (Å²) in [6.45, 7) is 6.81. The molecule has 0 amide bonds. The molecule has 0 radical (unpaired) electrons. The van der Waals surface area contributed by atoms with Gasteiger partial charge in [0.1, 0.15) is 0 Å². The van der Waals surface area contributed by atoms with Gasteiger partial charge >= 0.3 is 0 Å². The van der Waals surface area contributed by atoms with Crippen LogP contribution in [0.5, 0.6) is 0 Å². The highest BCUT2D eigenvalue weighted by Gasteiger charge is 2.19. The van der Waals surface area contributed by atoms with Crippen molar-refractivity contribution in [2.75, 3.05) is 19.6 Å². The second-order valence-electron chi connectivity index (χ2n) is 5.16. The average Bonchev–Trinajstić information content (AvgIpc) is 3.22. The van der Waals surface area contributed by atoms with Gasteiger partial charge in [0.15, 0.2) is 0 Å². The van der Waals surface area contributed by atoms with Crippen molar-refractivity contribution >= 4 is 0 Å². The third kappa shape index (κ3) is 5.15. The maximum absolute atomic E-state index is 4.06. The fourth-order valence-electron chi connectivity index (χ4n) is 2.15. The minimum Gasteiger partial charge on any atom is -0.314 e. The maximum Gasteiger partial charge on any atom is 0.0271 e. The van der Waals surface area contributed by atoms with E-state index in [4.69, 9.17) is 0 Å². The highest BCUT2D eigenvalue weighted by atomic mass is 15.1. The van der Waals surface area contributed by atoms with Gasteiger partial charge in [-0.2, -0.15) is 0 Å². The Hall–Kier alpha value is -0.930. The topological polar surface area (TPSA) is 28.2 Å². The monoisotopic (exact) mass is 247 g/mol. The van der Waals surface area contributed by atoms with E-state index in [1.165, 1.54) is 44.3 Å². The van der Waals surface area contributed by atoms with Crippen molar-refractivity contribution in [1.82, 2.24) is 15.2 Å². The van der Waals surface area contributed by atoms with Gasteiger partial charge in [0.05, 0.1) is 0 Å². The van der Waals surface area contributed by atoms with Crippen molar-refractivity contribution < 1.29 is 0 Å². The summed E-state index contributed by atoms with van der Waals surface area (Å²) in [5.74, 6) is 0. The van der Waals surface area contributed by atoms with Crippen molar-refractivity contribution in [3.05, 3.63) is 30.1 Å². The molecular formula is C15H25N3. The summed E-state index contributed by atoms with van der Waals surface area (Å²) in [5.41, 5.74) is 1.36. The number of unbranched alkanes of at least 4 members (excludes halogenated alkanes) is 1. The first-order valence-corrected chi connectivity index (χ1v) is 7.23. The van der Waals surface area contributed by atoms with Crippen molar-refractivity contribution in [1.29, 1.82) is 0 Å². The zero-order valence-corrected chi connectivity index (χ0v) is 11.4. The van der Waals surface area contributed by atoms with E-state index in [-0.39, 0.29) is 0 Å². The first-order chi connectivity index (χ1) is 8.88. The molecule has 1 saturated carbocycles. The standard InChI is InChI=1S/C15H25N3/c1-2-18(13-14-7-10-16-11-8-14)12-4-3-9-17-15-5-6-15/h7-8,10-11,15,17H,2-6,9,12-13H2,1H3. The molecule has 3 heteroatoms. The molecule has 2 rings (SSSR count). The summed E-state index contributed by atoms with van der Waals surface area (Å²) in [5, 5.41) is 3.57. The van der Waals surface area contributed by atoms with E-state index >= 15 is 0 Å². The second kappa shape index (κ2) is 7.49. The Morgan fingerprint density at radius 1 is 1.28 bits per heavy atom. The van der Waals surface area contributed by atoms with Gasteiger partial charge in [-0.1, -0.05) is 6.92 Å². The Morgan fingerprint density at radius 3 is 2.72 bits per heavy atom. The van der Waals surface area contributed by atoms with Crippen LogP contribution < -0.4 is 5.32 Å². The lowest BCUT2D eigenvalue weighted by atomic mass is 10.2. The van der Waals surface area contributed by atoms with Gasteiger partial charge in [-0.25, -0.2) is 0 Å². The molecule has 0 aromatic carbocycles. The molecule has 1 aliphatic carbocycles. The Morgan fingerprint density at radius 2 is 2.06 bits per heavy atom. The molecule has 1 N–H and O–H groups in total. The quantitative estimate of drug-likeness (QED) is 0.679. The highest BCUT2D eigenvalue weighted by Crippen LogP contribution is 2.18. The van der Waals surface area contributed by atoms with Gasteiger partial charge in [-0.3, -0.25) is 9.88 Å². The molecule has 1 aromatic rings. The van der Waals surface area contributed by atoms with Crippen LogP contribution in [0.4, 0.5) is 0 Å². The van der Waals surface area contributed by atoms with Gasteiger partial charge in [0.25, 0.3) is 0 Å². The van der Waals surface area contributed by atoms with E-state index in [9.17, 15) is 0 Å². The van der Waals surface area contributed by atoms with Crippen LogP contribution >= 0.6 is 0 Å². The lowest BCUT2D eigenvalue weighted by Crippen LogP contribution is -2.25. The van der Waals surface area contributed by atoms with Crippen molar-refractivity contribution in [3.63, 3.8) is 0 Å². The molecule has 18 heavy (non-hydrogen) atoms. The summed E-state index contributed by atoms with van der Waals surface area (Å²) in [7, 11) is 0. The highest BCUT2D eigenvalue weighted by molar-refractivity contribution is 5.09. The van der Waals surface area contributed by atoms with Crippen LogP contribution in [0.15, 0.2) is 24.5 Å². The summed E-state index contributed by atoms with van der Waals surface area (Å²) in [4.78, 5) is 6.57. The molecule has 0 unspecified atom stereocenters. The first-order valence-electron chi connectivity index (χ1n) is 7.23. The Balaban J connectivity index is 1.59. The molecule has 0 saturated heterocycles. The van der Waals surface area contributed by atoms with E-state index < -0.39 is 0 Å². The Bertz CT molecular complexity index is 322. The zero-order chi connectivity index (χ0) is 12.6. The minimum absolute atomic E-state index is 0.851. The van der Waals surface area contributed by atoms with Crippen LogP contribution in [0, 0.1) is 0 Å². The first kappa shape index (κ1) is 13.5. The lowest BCUT2D eigenvalue weighted by Gasteiger charge is -2.20. The fraction of sp³-hybridized carbons (Fsp3) is 0.667. The molecule has 0 spiro atoms. The minimum atomic E-state index is 0.851. The summed E-state index contributed by atoms with van der Waals surface area (Å²) in [6.07, 6.45) is 9.12. The number of pyridine rings is 1. The predicted octanol–water partition coefficient (Wildman–Crippen LogP) is 2.44. The SMILES string of the molecule is CCN(CCCCNC1CC1)Cc1ccncc1. The normalized spacial score (nSPS) is 15.2. The van der Waals surface area contributed by atoms with E-state index in [2.05, 4.69) is 34.3 Å². The van der Waals surface area contributed by atoms with Crippen LogP contribution in [0.2, 0.25) is 0 Å². The van der Waals surface area contributed by atoms with Crippen molar-refractivity contribution in [2.45, 2.75) is 45.2 Å². The third-order valence-corrected chi connectivity index (χ3v) is 3.51. The second-order valence-corrected chi connectivity index (χ2v) is 5.16. The van der Waals surface area contributed by atoms with Gasteiger partial charge < -0.3 is 5.32 Å². The molecule has 0 bridgehead atoms. The molecule has 0 aliphatic heterocycles. The van der Waals surface area contributed by atoms with Crippen LogP contribution in [0.25, 0.3) is 0 Å². The van der Waals surface area contributed by atoms with E-state index in [1.807, 2.05) is 12.4 Å². The van der Waals surface area contributed by atoms with Crippen LogP contribution in [-0.2, 0) is 6.54 Å². The van der Waals surface area contributed by atoms with Crippen LogP contribution in [0.3, 0.4) is 0 Å². The lowest BCUT2D eigenvalue weighted by molar-refractivity contribution is 0.273. The molecule has 1 fully saturated rings. The Kier molecular flexibility index (Phi) is 5.62. The van der Waals surface area contributed by atoms with Gasteiger partial charge in [-0.05, 0) is 63.0 Å². The third-order valence-electron chi connectivity index (χ3n) is 3.51. The van der Waals surface area contributed by atoms with Gasteiger partial charge in [0, 0.05) is 25.0 Å². The number of nitrogens with one attached hydrogen (secondary N) is 1. The smallest absolute Gasteiger partial charge is 0.0271 e. The summed E-state index contributed by atoms with van der Waals surface area (Å²) in [6, 6.07) is 5.07. The fourth-order valence-corrected chi connectivity index (χ4v) is 2.15. The van der Waals surface area contributed by atoms with E-state index in [1.54, 1.807) is 0 Å². The number of rotatable bonds is 9. The summed E-state index contributed by atoms with van der Waals surface area (Å²) < 4.78 is 0. The summed E-state index contributed by atoms with van der Waals surface area (Å²) >= 11 is 0. The molecular weight excluding hydrogens is 222 g/mol. The molecule has 1 heterocycles. The molecule has 3 nitrogen and oxygen atoms in total. The Labute approximate surface area is 111 Å². The molecule has 0 atom stereocenters. The van der Waals surface area contributed by atoms with Crippen LogP contribution in [-0.4, -0.2) is 35.6 Å². The van der Waals surface area contributed by atoms with Crippen LogP contribution in [0.1, 0.15) is 38.2 Å². The predicted molar refractivity (Wildman–Crippen MR) is 75.4 cm³/mol.